The maximum Gasteiger partial charge on any atom is 0.260 e. The molecule has 2 aromatic carbocycles. The van der Waals surface area contributed by atoms with Crippen LogP contribution in [0.25, 0.3) is 6.08 Å². The predicted octanol–water partition coefficient (Wildman–Crippen LogP) is 3.58. The van der Waals surface area contributed by atoms with E-state index in [0.29, 0.717) is 37.6 Å². The minimum absolute atomic E-state index is 0.0178. The summed E-state index contributed by atoms with van der Waals surface area (Å²) in [4.78, 5) is 26.1. The maximum absolute atomic E-state index is 12.3. The standard InChI is InChI=1S/C21H20BrNO4/c22-18-3-1-2-16(14-18)4-9-20(24)17-5-7-19(8-6-17)27-15-21(25)23-10-12-26-13-11-23/h1-9,14H,10-13,15H2. The summed E-state index contributed by atoms with van der Waals surface area (Å²) in [6, 6.07) is 14.5. The Hall–Kier alpha value is -2.44. The van der Waals surface area contributed by atoms with Gasteiger partial charge in [-0.2, -0.15) is 0 Å². The van der Waals surface area contributed by atoms with E-state index >= 15 is 0 Å². The van der Waals surface area contributed by atoms with Crippen molar-refractivity contribution in [3.63, 3.8) is 0 Å². The summed E-state index contributed by atoms with van der Waals surface area (Å²) in [7, 11) is 0. The molecule has 1 aliphatic heterocycles. The van der Waals surface area contributed by atoms with E-state index in [4.69, 9.17) is 9.47 Å². The van der Waals surface area contributed by atoms with E-state index in [1.165, 1.54) is 0 Å². The average molecular weight is 430 g/mol. The van der Waals surface area contributed by atoms with E-state index in [-0.39, 0.29) is 18.3 Å². The van der Waals surface area contributed by atoms with Crippen LogP contribution >= 0.6 is 15.9 Å². The second kappa shape index (κ2) is 9.48. The summed E-state index contributed by atoms with van der Waals surface area (Å²) in [6.45, 7) is 2.31. The number of carbonyl (C=O) groups is 2. The third-order valence-corrected chi connectivity index (χ3v) is 4.63. The minimum Gasteiger partial charge on any atom is -0.484 e. The van der Waals surface area contributed by atoms with Crippen molar-refractivity contribution < 1.29 is 19.1 Å². The predicted molar refractivity (Wildman–Crippen MR) is 107 cm³/mol. The van der Waals surface area contributed by atoms with E-state index in [1.807, 2.05) is 24.3 Å². The highest BCUT2D eigenvalue weighted by atomic mass is 79.9. The molecule has 3 rings (SSSR count). The molecular weight excluding hydrogens is 410 g/mol. The summed E-state index contributed by atoms with van der Waals surface area (Å²) in [5.74, 6) is 0.408. The number of hydrogen-bond donors (Lipinski definition) is 0. The molecule has 1 heterocycles. The molecule has 0 radical (unpaired) electrons. The van der Waals surface area contributed by atoms with Gasteiger partial charge in [0.2, 0.25) is 0 Å². The number of rotatable bonds is 6. The monoisotopic (exact) mass is 429 g/mol. The molecule has 0 aromatic heterocycles. The zero-order chi connectivity index (χ0) is 19.1. The molecule has 0 saturated carbocycles. The van der Waals surface area contributed by atoms with Gasteiger partial charge >= 0.3 is 0 Å². The molecule has 1 aliphatic rings. The lowest BCUT2D eigenvalue weighted by Crippen LogP contribution is -2.42. The third-order valence-electron chi connectivity index (χ3n) is 4.14. The maximum atomic E-state index is 12.3. The van der Waals surface area contributed by atoms with Gasteiger partial charge in [-0.25, -0.2) is 0 Å². The first kappa shape index (κ1) is 19.3. The molecule has 0 aliphatic carbocycles. The van der Waals surface area contributed by atoms with Crippen molar-refractivity contribution in [2.45, 2.75) is 0 Å². The van der Waals surface area contributed by atoms with Crippen LogP contribution in [0.5, 0.6) is 5.75 Å². The molecule has 27 heavy (non-hydrogen) atoms. The van der Waals surface area contributed by atoms with Crippen LogP contribution in [0.1, 0.15) is 15.9 Å². The van der Waals surface area contributed by atoms with Crippen LogP contribution in [0.4, 0.5) is 0 Å². The number of carbonyl (C=O) groups excluding carboxylic acids is 2. The molecule has 1 fully saturated rings. The highest BCUT2D eigenvalue weighted by molar-refractivity contribution is 9.10. The Labute approximate surface area is 166 Å². The van der Waals surface area contributed by atoms with Gasteiger partial charge in [0.25, 0.3) is 5.91 Å². The zero-order valence-corrected chi connectivity index (χ0v) is 16.4. The van der Waals surface area contributed by atoms with E-state index in [9.17, 15) is 9.59 Å². The van der Waals surface area contributed by atoms with Crippen LogP contribution in [-0.2, 0) is 9.53 Å². The Morgan fingerprint density at radius 2 is 1.85 bits per heavy atom. The van der Waals surface area contributed by atoms with Gasteiger partial charge < -0.3 is 14.4 Å². The molecule has 0 atom stereocenters. The van der Waals surface area contributed by atoms with Gasteiger partial charge in [0.05, 0.1) is 13.2 Å². The number of allylic oxidation sites excluding steroid dienone is 1. The molecule has 2 aromatic rings. The number of amides is 1. The molecule has 5 nitrogen and oxygen atoms in total. The summed E-state index contributed by atoms with van der Waals surface area (Å²) in [5, 5.41) is 0. The first-order chi connectivity index (χ1) is 13.1. The molecule has 1 saturated heterocycles. The fraction of sp³-hybridized carbons (Fsp3) is 0.238. The second-order valence-corrected chi connectivity index (χ2v) is 6.97. The Kier molecular flexibility index (Phi) is 6.79. The highest BCUT2D eigenvalue weighted by Gasteiger charge is 2.17. The smallest absolute Gasteiger partial charge is 0.260 e. The number of hydrogen-bond acceptors (Lipinski definition) is 4. The zero-order valence-electron chi connectivity index (χ0n) is 14.8. The van der Waals surface area contributed by atoms with Gasteiger partial charge in [-0.15, -0.1) is 0 Å². The molecule has 0 N–H and O–H groups in total. The van der Waals surface area contributed by atoms with E-state index in [0.717, 1.165) is 10.0 Å². The first-order valence-corrected chi connectivity index (χ1v) is 9.47. The molecule has 140 valence electrons. The van der Waals surface area contributed by atoms with Crippen LogP contribution in [-0.4, -0.2) is 49.5 Å². The largest absolute Gasteiger partial charge is 0.484 e. The summed E-state index contributed by atoms with van der Waals surface area (Å²) >= 11 is 3.41. The third kappa shape index (κ3) is 5.77. The Morgan fingerprint density at radius 1 is 1.11 bits per heavy atom. The first-order valence-electron chi connectivity index (χ1n) is 8.68. The van der Waals surface area contributed by atoms with E-state index in [2.05, 4.69) is 15.9 Å². The summed E-state index contributed by atoms with van der Waals surface area (Å²) in [6.07, 6.45) is 3.32. The molecule has 6 heteroatoms. The number of nitrogens with zero attached hydrogens (tertiary/aromatic N) is 1. The van der Waals surface area contributed by atoms with Crippen molar-refractivity contribution in [2.24, 2.45) is 0 Å². The fourth-order valence-electron chi connectivity index (χ4n) is 2.64. The Balaban J connectivity index is 1.53. The Morgan fingerprint density at radius 3 is 2.56 bits per heavy atom. The van der Waals surface area contributed by atoms with Crippen molar-refractivity contribution in [3.8, 4) is 5.75 Å². The van der Waals surface area contributed by atoms with E-state index < -0.39 is 0 Å². The van der Waals surface area contributed by atoms with Crippen molar-refractivity contribution >= 4 is 33.7 Å². The van der Waals surface area contributed by atoms with Crippen LogP contribution in [0.15, 0.2) is 59.1 Å². The second-order valence-electron chi connectivity index (χ2n) is 6.06. The molecule has 1 amide bonds. The van der Waals surface area contributed by atoms with Crippen LogP contribution < -0.4 is 4.74 Å². The average Bonchev–Trinajstić information content (AvgIpc) is 2.71. The molecular formula is C21H20BrNO4. The van der Waals surface area contributed by atoms with Gasteiger partial charge in [-0.3, -0.25) is 9.59 Å². The van der Waals surface area contributed by atoms with Crippen LogP contribution in [0.3, 0.4) is 0 Å². The minimum atomic E-state index is -0.0917. The van der Waals surface area contributed by atoms with Gasteiger partial charge in [-0.1, -0.05) is 34.1 Å². The number of ketones is 1. The quantitative estimate of drug-likeness (QED) is 0.520. The summed E-state index contributed by atoms with van der Waals surface area (Å²) in [5.41, 5.74) is 1.51. The van der Waals surface area contributed by atoms with Gasteiger partial charge in [-0.05, 0) is 48.0 Å². The molecule has 0 spiro atoms. The highest BCUT2D eigenvalue weighted by Crippen LogP contribution is 2.15. The van der Waals surface area contributed by atoms with Crippen molar-refractivity contribution in [1.82, 2.24) is 4.90 Å². The van der Waals surface area contributed by atoms with Gasteiger partial charge in [0.15, 0.2) is 12.4 Å². The summed E-state index contributed by atoms with van der Waals surface area (Å²) < 4.78 is 11.7. The van der Waals surface area contributed by atoms with Crippen molar-refractivity contribution in [3.05, 3.63) is 70.2 Å². The van der Waals surface area contributed by atoms with E-state index in [1.54, 1.807) is 41.3 Å². The number of ether oxygens (including phenoxy) is 2. The fourth-order valence-corrected chi connectivity index (χ4v) is 3.06. The van der Waals surface area contributed by atoms with Gasteiger partial charge in [0, 0.05) is 23.1 Å². The van der Waals surface area contributed by atoms with Crippen LogP contribution in [0.2, 0.25) is 0 Å². The van der Waals surface area contributed by atoms with Crippen molar-refractivity contribution in [2.75, 3.05) is 32.9 Å². The lowest BCUT2D eigenvalue weighted by Gasteiger charge is -2.26. The van der Waals surface area contributed by atoms with Gasteiger partial charge in [0.1, 0.15) is 5.75 Å². The number of benzene rings is 2. The lowest BCUT2D eigenvalue weighted by molar-refractivity contribution is -0.137. The SMILES string of the molecule is O=C(C=Cc1cccc(Br)c1)c1ccc(OCC(=O)N2CCOCC2)cc1. The topological polar surface area (TPSA) is 55.8 Å². The normalized spacial score (nSPS) is 14.3. The Bertz CT molecular complexity index is 826. The molecule has 0 bridgehead atoms. The number of morpholine rings is 1. The number of halogens is 1. The lowest BCUT2D eigenvalue weighted by atomic mass is 10.1. The van der Waals surface area contributed by atoms with Crippen LogP contribution in [0, 0.1) is 0 Å². The molecule has 0 unspecified atom stereocenters. The van der Waals surface area contributed by atoms with Crippen molar-refractivity contribution in [1.29, 1.82) is 0 Å².